The van der Waals surface area contributed by atoms with Gasteiger partial charge in [0.05, 0.1) is 20.3 Å². The number of piperidine rings is 1. The van der Waals surface area contributed by atoms with Crippen molar-refractivity contribution in [2.45, 2.75) is 44.3 Å². The molecule has 1 heterocycles. The number of benzene rings is 3. The van der Waals surface area contributed by atoms with E-state index in [2.05, 4.69) is 34.5 Å². The molecule has 0 saturated carbocycles. The summed E-state index contributed by atoms with van der Waals surface area (Å²) in [4.78, 5) is 15.1. The van der Waals surface area contributed by atoms with Crippen LogP contribution in [0.1, 0.15) is 53.2 Å². The van der Waals surface area contributed by atoms with Crippen LogP contribution < -0.4 is 14.8 Å². The number of halogens is 1. The number of rotatable bonds is 11. The molecule has 0 aliphatic carbocycles. The van der Waals surface area contributed by atoms with Crippen molar-refractivity contribution in [3.8, 4) is 11.5 Å². The van der Waals surface area contributed by atoms with E-state index >= 15 is 0 Å². The first-order valence-electron chi connectivity index (χ1n) is 12.6. The van der Waals surface area contributed by atoms with Gasteiger partial charge in [0, 0.05) is 30.1 Å². The first kappa shape index (κ1) is 25.9. The fourth-order valence-electron chi connectivity index (χ4n) is 5.11. The van der Waals surface area contributed by atoms with Gasteiger partial charge in [0.2, 0.25) is 0 Å². The summed E-state index contributed by atoms with van der Waals surface area (Å²) in [6.45, 7) is 2.49. The van der Waals surface area contributed by atoms with Crippen molar-refractivity contribution >= 4 is 5.78 Å². The van der Waals surface area contributed by atoms with E-state index in [9.17, 15) is 9.18 Å². The summed E-state index contributed by atoms with van der Waals surface area (Å²) in [5.74, 6) is 1.38. The first-order valence-corrected chi connectivity index (χ1v) is 12.6. The molecule has 6 heteroatoms. The monoisotopic (exact) mass is 490 g/mol. The van der Waals surface area contributed by atoms with Crippen LogP contribution >= 0.6 is 0 Å². The third-order valence-electron chi connectivity index (χ3n) is 6.93. The van der Waals surface area contributed by atoms with Crippen LogP contribution in [-0.4, -0.2) is 44.0 Å². The molecule has 36 heavy (non-hydrogen) atoms. The Morgan fingerprint density at radius 3 is 2.53 bits per heavy atom. The van der Waals surface area contributed by atoms with Crippen LogP contribution in [0.2, 0.25) is 0 Å². The van der Waals surface area contributed by atoms with Gasteiger partial charge in [0.15, 0.2) is 5.78 Å². The highest BCUT2D eigenvalue weighted by Gasteiger charge is 2.32. The Kier molecular flexibility index (Phi) is 9.09. The van der Waals surface area contributed by atoms with Crippen LogP contribution in [0, 0.1) is 5.82 Å². The van der Waals surface area contributed by atoms with Gasteiger partial charge < -0.3 is 14.8 Å². The lowest BCUT2D eigenvalue weighted by molar-refractivity contribution is 0.0929. The van der Waals surface area contributed by atoms with E-state index in [1.807, 2.05) is 24.3 Å². The van der Waals surface area contributed by atoms with E-state index in [4.69, 9.17) is 9.47 Å². The van der Waals surface area contributed by atoms with Crippen molar-refractivity contribution in [2.24, 2.45) is 0 Å². The van der Waals surface area contributed by atoms with Gasteiger partial charge in [-0.25, -0.2) is 4.39 Å². The average Bonchev–Trinajstić information content (AvgIpc) is 2.92. The van der Waals surface area contributed by atoms with Crippen LogP contribution in [0.5, 0.6) is 11.5 Å². The topological polar surface area (TPSA) is 50.8 Å². The van der Waals surface area contributed by atoms with E-state index in [0.29, 0.717) is 18.5 Å². The highest BCUT2D eigenvalue weighted by Crippen LogP contribution is 2.33. The highest BCUT2D eigenvalue weighted by molar-refractivity contribution is 5.95. The molecule has 3 aromatic carbocycles. The second kappa shape index (κ2) is 12.7. The maximum Gasteiger partial charge on any atom is 0.162 e. The summed E-state index contributed by atoms with van der Waals surface area (Å²) in [6.07, 6.45) is 3.36. The number of ether oxygens (including phenoxy) is 2. The number of likely N-dealkylation sites (tertiary alicyclic amines) is 1. The summed E-state index contributed by atoms with van der Waals surface area (Å²) in [7, 11) is 3.36. The van der Waals surface area contributed by atoms with E-state index < -0.39 is 0 Å². The summed E-state index contributed by atoms with van der Waals surface area (Å²) >= 11 is 0. The second-order valence-electron chi connectivity index (χ2n) is 9.23. The van der Waals surface area contributed by atoms with Gasteiger partial charge in [-0.2, -0.15) is 0 Å². The molecule has 0 radical (unpaired) electrons. The Bertz CT molecular complexity index is 1120. The fraction of sp³-hybridized carbons (Fsp3) is 0.367. The van der Waals surface area contributed by atoms with E-state index in [0.717, 1.165) is 49.4 Å². The van der Waals surface area contributed by atoms with Crippen molar-refractivity contribution in [2.75, 3.05) is 27.3 Å². The number of methoxy groups -OCH3 is 2. The summed E-state index contributed by atoms with van der Waals surface area (Å²) in [5.41, 5.74) is 2.91. The predicted octanol–water partition coefficient (Wildman–Crippen LogP) is 5.80. The molecule has 0 amide bonds. The Hall–Kier alpha value is -3.22. The standard InChI is InChI=1S/C30H35FN2O3/c1-35-26-16-17-29(36-2)24(20-26)21-32-27-10-6-18-33(30(27)23-8-4-3-5-9-23)19-7-11-28(34)22-12-14-25(31)15-13-22/h3-5,8-9,12-17,20,27,30,32H,6-7,10-11,18-19,21H2,1-2H3/t27-,30-/m1/s1. The van der Waals surface area contributed by atoms with Gasteiger partial charge in [0.25, 0.3) is 0 Å². The van der Waals surface area contributed by atoms with Crippen LogP contribution in [0.4, 0.5) is 4.39 Å². The molecule has 1 fully saturated rings. The quantitative estimate of drug-likeness (QED) is 0.344. The molecule has 0 spiro atoms. The molecule has 0 unspecified atom stereocenters. The van der Waals surface area contributed by atoms with Gasteiger partial charge in [-0.1, -0.05) is 30.3 Å². The normalized spacial score (nSPS) is 18.1. The lowest BCUT2D eigenvalue weighted by Crippen LogP contribution is -2.48. The van der Waals surface area contributed by atoms with E-state index in [1.165, 1.54) is 17.7 Å². The van der Waals surface area contributed by atoms with Crippen molar-refractivity contribution in [1.82, 2.24) is 10.2 Å². The molecule has 2 atom stereocenters. The van der Waals surface area contributed by atoms with E-state index in [1.54, 1.807) is 26.4 Å². The van der Waals surface area contributed by atoms with Crippen LogP contribution in [0.15, 0.2) is 72.8 Å². The van der Waals surface area contributed by atoms with Crippen LogP contribution in [0.25, 0.3) is 0 Å². The molecule has 3 aromatic rings. The fourth-order valence-corrected chi connectivity index (χ4v) is 5.11. The number of nitrogens with zero attached hydrogens (tertiary/aromatic N) is 1. The van der Waals surface area contributed by atoms with Gasteiger partial charge in [-0.3, -0.25) is 9.69 Å². The molecular weight excluding hydrogens is 455 g/mol. The zero-order valence-corrected chi connectivity index (χ0v) is 21.1. The number of carbonyl (C=O) groups is 1. The van der Waals surface area contributed by atoms with Crippen molar-refractivity contribution in [1.29, 1.82) is 0 Å². The van der Waals surface area contributed by atoms with Crippen LogP contribution in [0.3, 0.4) is 0 Å². The van der Waals surface area contributed by atoms with E-state index in [-0.39, 0.29) is 23.7 Å². The Labute approximate surface area is 213 Å². The van der Waals surface area contributed by atoms with Gasteiger partial charge >= 0.3 is 0 Å². The van der Waals surface area contributed by atoms with Crippen LogP contribution in [-0.2, 0) is 6.54 Å². The third-order valence-corrected chi connectivity index (χ3v) is 6.93. The summed E-state index contributed by atoms with van der Waals surface area (Å²) < 4.78 is 24.2. The molecule has 1 N–H and O–H groups in total. The zero-order valence-electron chi connectivity index (χ0n) is 21.1. The number of hydrogen-bond acceptors (Lipinski definition) is 5. The molecule has 0 bridgehead atoms. The zero-order chi connectivity index (χ0) is 25.3. The minimum atomic E-state index is -0.323. The Balaban J connectivity index is 1.45. The van der Waals surface area contributed by atoms with Gasteiger partial charge in [-0.15, -0.1) is 0 Å². The van der Waals surface area contributed by atoms with Crippen molar-refractivity contribution in [3.05, 3.63) is 95.3 Å². The number of ketones is 1. The molecule has 0 aromatic heterocycles. The predicted molar refractivity (Wildman–Crippen MR) is 140 cm³/mol. The third kappa shape index (κ3) is 6.50. The van der Waals surface area contributed by atoms with Gasteiger partial charge in [0.1, 0.15) is 17.3 Å². The lowest BCUT2D eigenvalue weighted by Gasteiger charge is -2.42. The molecular formula is C30H35FN2O3. The average molecular weight is 491 g/mol. The smallest absolute Gasteiger partial charge is 0.162 e. The maximum atomic E-state index is 13.2. The largest absolute Gasteiger partial charge is 0.497 e. The first-order chi connectivity index (χ1) is 17.6. The van der Waals surface area contributed by atoms with Gasteiger partial charge in [-0.05, 0) is 80.4 Å². The molecule has 4 rings (SSSR count). The summed E-state index contributed by atoms with van der Waals surface area (Å²) in [6, 6.07) is 22.7. The number of hydrogen-bond donors (Lipinski definition) is 1. The molecule has 190 valence electrons. The minimum Gasteiger partial charge on any atom is -0.497 e. The van der Waals surface area contributed by atoms with Crippen molar-refractivity contribution in [3.63, 3.8) is 0 Å². The molecule has 1 saturated heterocycles. The molecule has 5 nitrogen and oxygen atoms in total. The number of carbonyl (C=O) groups excluding carboxylic acids is 1. The molecule has 1 aliphatic heterocycles. The van der Waals surface area contributed by atoms with Crippen molar-refractivity contribution < 1.29 is 18.7 Å². The maximum absolute atomic E-state index is 13.2. The Morgan fingerprint density at radius 1 is 1.03 bits per heavy atom. The molecule has 1 aliphatic rings. The highest BCUT2D eigenvalue weighted by atomic mass is 19.1. The second-order valence-corrected chi connectivity index (χ2v) is 9.23. The minimum absolute atomic E-state index is 0.0584. The SMILES string of the molecule is COc1ccc(OC)c(CN[C@@H]2CCCN(CCCC(=O)c3ccc(F)cc3)[C@@H]2c2ccccc2)c1. The Morgan fingerprint density at radius 2 is 1.81 bits per heavy atom. The number of nitrogens with one attached hydrogen (secondary N) is 1. The lowest BCUT2D eigenvalue weighted by atomic mass is 9.89. The number of Topliss-reactive ketones (excluding diaryl/α,β-unsaturated/α-hetero) is 1. The summed E-state index contributed by atoms with van der Waals surface area (Å²) in [5, 5.41) is 3.79.